The fourth-order valence-corrected chi connectivity index (χ4v) is 2.43. The van der Waals surface area contributed by atoms with Crippen LogP contribution in [0.1, 0.15) is 33.6 Å². The van der Waals surface area contributed by atoms with Crippen LogP contribution in [0.3, 0.4) is 0 Å². The molecule has 1 unspecified atom stereocenters. The van der Waals surface area contributed by atoms with E-state index in [1.54, 1.807) is 4.90 Å². The van der Waals surface area contributed by atoms with Crippen molar-refractivity contribution >= 4 is 11.9 Å². The number of amides is 1. The highest BCUT2D eigenvalue weighted by atomic mass is 16.6. The van der Waals surface area contributed by atoms with Crippen LogP contribution >= 0.6 is 0 Å². The molecule has 1 amide bonds. The molecular formula is C12H19NO4. The third-order valence-electron chi connectivity index (χ3n) is 3.20. The van der Waals surface area contributed by atoms with Crippen LogP contribution in [0.25, 0.3) is 0 Å². The van der Waals surface area contributed by atoms with Gasteiger partial charge < -0.3 is 9.47 Å². The first-order valence-electron chi connectivity index (χ1n) is 5.97. The molecule has 0 bridgehead atoms. The van der Waals surface area contributed by atoms with E-state index >= 15 is 0 Å². The second kappa shape index (κ2) is 3.98. The molecule has 5 nitrogen and oxygen atoms in total. The Balaban J connectivity index is 2.15. The van der Waals surface area contributed by atoms with Crippen LogP contribution in [0, 0.1) is 0 Å². The number of ketones is 1. The fraction of sp³-hybridized carbons (Fsp3) is 0.833. The number of hydrogen-bond acceptors (Lipinski definition) is 4. The topological polar surface area (TPSA) is 55.8 Å². The van der Waals surface area contributed by atoms with Crippen LogP contribution in [0.2, 0.25) is 0 Å². The van der Waals surface area contributed by atoms with Gasteiger partial charge in [0.25, 0.3) is 0 Å². The van der Waals surface area contributed by atoms with Crippen molar-refractivity contribution < 1.29 is 19.1 Å². The SMILES string of the molecule is CC(C)(C)OC(=O)N1CCCC12COCC2=O. The number of likely N-dealkylation sites (tertiary alicyclic amines) is 1. The van der Waals surface area contributed by atoms with Crippen LogP contribution in [0.15, 0.2) is 0 Å². The van der Waals surface area contributed by atoms with Gasteiger partial charge >= 0.3 is 6.09 Å². The highest BCUT2D eigenvalue weighted by Crippen LogP contribution is 2.35. The summed E-state index contributed by atoms with van der Waals surface area (Å²) in [6, 6.07) is 0. The average molecular weight is 241 g/mol. The molecule has 96 valence electrons. The molecule has 2 rings (SSSR count). The molecule has 17 heavy (non-hydrogen) atoms. The Morgan fingerprint density at radius 2 is 2.18 bits per heavy atom. The predicted octanol–water partition coefficient (Wildman–Crippen LogP) is 1.36. The van der Waals surface area contributed by atoms with Gasteiger partial charge in [0.05, 0.1) is 6.61 Å². The lowest BCUT2D eigenvalue weighted by atomic mass is 9.94. The van der Waals surface area contributed by atoms with Crippen molar-refractivity contribution in [1.82, 2.24) is 4.90 Å². The molecule has 2 aliphatic rings. The Kier molecular flexibility index (Phi) is 2.89. The molecule has 0 aromatic carbocycles. The first-order valence-corrected chi connectivity index (χ1v) is 5.97. The number of carbonyl (C=O) groups is 2. The Morgan fingerprint density at radius 3 is 2.71 bits per heavy atom. The number of hydrogen-bond donors (Lipinski definition) is 0. The summed E-state index contributed by atoms with van der Waals surface area (Å²) in [5.74, 6) is 0.000796. The Morgan fingerprint density at radius 1 is 1.47 bits per heavy atom. The van der Waals surface area contributed by atoms with Gasteiger partial charge in [-0.1, -0.05) is 0 Å². The number of ether oxygens (including phenoxy) is 2. The fourth-order valence-electron chi connectivity index (χ4n) is 2.43. The molecule has 2 fully saturated rings. The van der Waals surface area contributed by atoms with E-state index in [2.05, 4.69) is 0 Å². The number of Topliss-reactive ketones (excluding diaryl/α,β-unsaturated/α-hetero) is 1. The van der Waals surface area contributed by atoms with Crippen molar-refractivity contribution in [2.75, 3.05) is 19.8 Å². The lowest BCUT2D eigenvalue weighted by Crippen LogP contribution is -2.54. The van der Waals surface area contributed by atoms with E-state index in [1.165, 1.54) is 0 Å². The van der Waals surface area contributed by atoms with Gasteiger partial charge in [0, 0.05) is 6.54 Å². The molecule has 2 aliphatic heterocycles. The third-order valence-corrected chi connectivity index (χ3v) is 3.20. The molecule has 0 aliphatic carbocycles. The zero-order valence-electron chi connectivity index (χ0n) is 10.6. The maximum absolute atomic E-state index is 12.1. The van der Waals surface area contributed by atoms with Crippen LogP contribution in [-0.2, 0) is 14.3 Å². The standard InChI is InChI=1S/C12H19NO4/c1-11(2,3)17-10(15)13-6-4-5-12(13)8-16-7-9(12)14/h4-8H2,1-3H3. The number of carbonyl (C=O) groups excluding carboxylic acids is 2. The highest BCUT2D eigenvalue weighted by Gasteiger charge is 2.53. The van der Waals surface area contributed by atoms with E-state index in [9.17, 15) is 9.59 Å². The summed E-state index contributed by atoms with van der Waals surface area (Å²) >= 11 is 0. The molecule has 0 N–H and O–H groups in total. The molecular weight excluding hydrogens is 222 g/mol. The van der Waals surface area contributed by atoms with Gasteiger partial charge in [-0.05, 0) is 33.6 Å². The minimum absolute atomic E-state index is 0.000796. The molecule has 5 heteroatoms. The first-order chi connectivity index (χ1) is 7.85. The van der Waals surface area contributed by atoms with Crippen molar-refractivity contribution in [1.29, 1.82) is 0 Å². The largest absolute Gasteiger partial charge is 0.444 e. The Bertz CT molecular complexity index is 343. The molecule has 0 aromatic heterocycles. The first kappa shape index (κ1) is 12.4. The van der Waals surface area contributed by atoms with E-state index in [1.807, 2.05) is 20.8 Å². The second-order valence-electron chi connectivity index (χ2n) is 5.68. The van der Waals surface area contributed by atoms with Crippen molar-refractivity contribution in [2.45, 2.75) is 44.8 Å². The van der Waals surface area contributed by atoms with Crippen LogP contribution in [0.4, 0.5) is 4.79 Å². The third kappa shape index (κ3) is 2.16. The van der Waals surface area contributed by atoms with E-state index in [4.69, 9.17) is 9.47 Å². The maximum atomic E-state index is 12.1. The summed E-state index contributed by atoms with van der Waals surface area (Å²) in [4.78, 5) is 25.5. The Hall–Kier alpha value is -1.10. The van der Waals surface area contributed by atoms with Crippen molar-refractivity contribution in [2.24, 2.45) is 0 Å². The van der Waals surface area contributed by atoms with Crippen molar-refractivity contribution in [3.8, 4) is 0 Å². The Labute approximate surface area is 101 Å². The zero-order chi connectivity index (χ0) is 12.7. The van der Waals surface area contributed by atoms with Crippen molar-refractivity contribution in [3.05, 3.63) is 0 Å². The molecule has 2 heterocycles. The van der Waals surface area contributed by atoms with Crippen LogP contribution in [-0.4, -0.2) is 47.7 Å². The van der Waals surface area contributed by atoms with E-state index in [-0.39, 0.29) is 12.4 Å². The second-order valence-corrected chi connectivity index (χ2v) is 5.68. The van der Waals surface area contributed by atoms with E-state index in [0.717, 1.165) is 6.42 Å². The molecule has 0 aromatic rings. The van der Waals surface area contributed by atoms with Gasteiger partial charge in [0.1, 0.15) is 17.7 Å². The summed E-state index contributed by atoms with van der Waals surface area (Å²) in [6.07, 6.45) is 1.10. The quantitative estimate of drug-likeness (QED) is 0.642. The van der Waals surface area contributed by atoms with Gasteiger partial charge in [-0.15, -0.1) is 0 Å². The normalized spacial score (nSPS) is 29.1. The summed E-state index contributed by atoms with van der Waals surface area (Å²) in [5.41, 5.74) is -1.29. The summed E-state index contributed by atoms with van der Waals surface area (Å²) in [5, 5.41) is 0. The molecule has 0 radical (unpaired) electrons. The summed E-state index contributed by atoms with van der Waals surface area (Å²) in [6.45, 7) is 6.45. The molecule has 2 saturated heterocycles. The number of rotatable bonds is 0. The van der Waals surface area contributed by atoms with Gasteiger partial charge in [-0.25, -0.2) is 4.79 Å². The summed E-state index contributed by atoms with van der Waals surface area (Å²) in [7, 11) is 0. The predicted molar refractivity (Wildman–Crippen MR) is 60.7 cm³/mol. The summed E-state index contributed by atoms with van der Waals surface area (Å²) < 4.78 is 10.5. The van der Waals surface area contributed by atoms with Gasteiger partial charge in [0.15, 0.2) is 5.78 Å². The maximum Gasteiger partial charge on any atom is 0.411 e. The van der Waals surface area contributed by atoms with E-state index < -0.39 is 17.2 Å². The van der Waals surface area contributed by atoms with Gasteiger partial charge in [-0.3, -0.25) is 9.69 Å². The van der Waals surface area contributed by atoms with Gasteiger partial charge in [0.2, 0.25) is 0 Å². The molecule has 1 atom stereocenters. The minimum atomic E-state index is -0.748. The monoisotopic (exact) mass is 241 g/mol. The minimum Gasteiger partial charge on any atom is -0.444 e. The van der Waals surface area contributed by atoms with E-state index in [0.29, 0.717) is 19.6 Å². The molecule has 1 spiro atoms. The van der Waals surface area contributed by atoms with Crippen LogP contribution in [0.5, 0.6) is 0 Å². The van der Waals surface area contributed by atoms with Crippen LogP contribution < -0.4 is 0 Å². The lowest BCUT2D eigenvalue weighted by Gasteiger charge is -2.33. The lowest BCUT2D eigenvalue weighted by molar-refractivity contribution is -0.125. The highest BCUT2D eigenvalue weighted by molar-refractivity contribution is 5.94. The molecule has 0 saturated carbocycles. The van der Waals surface area contributed by atoms with Gasteiger partial charge in [-0.2, -0.15) is 0 Å². The zero-order valence-corrected chi connectivity index (χ0v) is 10.6. The number of nitrogens with zero attached hydrogens (tertiary/aromatic N) is 1. The smallest absolute Gasteiger partial charge is 0.411 e. The average Bonchev–Trinajstić information content (AvgIpc) is 2.74. The van der Waals surface area contributed by atoms with Crippen molar-refractivity contribution in [3.63, 3.8) is 0 Å².